The molecule has 0 spiro atoms. The minimum Gasteiger partial charge on any atom is -0.504 e. The lowest BCUT2D eigenvalue weighted by Gasteiger charge is -2.16. The van der Waals surface area contributed by atoms with Crippen LogP contribution in [-0.2, 0) is 11.3 Å². The summed E-state index contributed by atoms with van der Waals surface area (Å²) in [5.41, 5.74) is 0.736. The number of fused-ring (bicyclic) bond motifs is 1. The van der Waals surface area contributed by atoms with Crippen LogP contribution < -0.4 is 20.7 Å². The molecule has 0 radical (unpaired) electrons. The molecule has 3 atom stereocenters. The van der Waals surface area contributed by atoms with Crippen molar-refractivity contribution in [2.24, 2.45) is 0 Å². The molecule has 2 aliphatic heterocycles. The molecule has 1 aromatic carbocycles. The minimum absolute atomic E-state index is 0.0467. The number of benzene rings is 1. The molecule has 2 saturated heterocycles. The molecule has 0 aliphatic carbocycles. The monoisotopic (exact) mass is 395 g/mol. The Labute approximate surface area is 162 Å². The number of phenolic OH excluding ortho intramolecular Hbond substituents is 1. The van der Waals surface area contributed by atoms with Gasteiger partial charge in [-0.25, -0.2) is 9.59 Å². The number of phenols is 1. The molecule has 3 amide bonds. The molecule has 0 saturated carbocycles. The summed E-state index contributed by atoms with van der Waals surface area (Å²) < 4.78 is 10.2. The van der Waals surface area contributed by atoms with Crippen LogP contribution in [0.15, 0.2) is 18.2 Å². The van der Waals surface area contributed by atoms with Gasteiger partial charge in [0.25, 0.3) is 0 Å². The summed E-state index contributed by atoms with van der Waals surface area (Å²) in [7, 11) is 1.47. The first kappa shape index (κ1) is 19.5. The summed E-state index contributed by atoms with van der Waals surface area (Å²) in [6.07, 6.45) is 2.38. The third-order valence-corrected chi connectivity index (χ3v) is 6.25. The second-order valence-corrected chi connectivity index (χ2v) is 7.90. The van der Waals surface area contributed by atoms with E-state index in [2.05, 4.69) is 16.0 Å². The molecule has 0 aromatic heterocycles. The molecule has 148 valence electrons. The topological polar surface area (TPSA) is 109 Å². The fourth-order valence-electron chi connectivity index (χ4n) is 3.32. The van der Waals surface area contributed by atoms with Gasteiger partial charge in [-0.05, 0) is 30.5 Å². The van der Waals surface area contributed by atoms with Crippen molar-refractivity contribution in [2.45, 2.75) is 43.2 Å². The van der Waals surface area contributed by atoms with Crippen molar-refractivity contribution >= 4 is 23.9 Å². The minimum atomic E-state index is -0.468. The van der Waals surface area contributed by atoms with Gasteiger partial charge in [0.05, 0.1) is 19.2 Å². The van der Waals surface area contributed by atoms with Gasteiger partial charge < -0.3 is 30.5 Å². The second kappa shape index (κ2) is 9.07. The number of carbonyl (C=O) groups is 2. The number of ether oxygens (including phenoxy) is 2. The van der Waals surface area contributed by atoms with Crippen LogP contribution in [0.2, 0.25) is 0 Å². The number of rotatable bonds is 8. The number of carbonyl (C=O) groups excluding carboxylic acids is 2. The predicted octanol–water partition coefficient (Wildman–Crippen LogP) is 1.96. The Balaban J connectivity index is 1.28. The molecule has 2 fully saturated rings. The van der Waals surface area contributed by atoms with E-state index in [9.17, 15) is 14.7 Å². The van der Waals surface area contributed by atoms with Gasteiger partial charge >= 0.3 is 12.1 Å². The maximum Gasteiger partial charge on any atom is 0.407 e. The Morgan fingerprint density at radius 2 is 2.22 bits per heavy atom. The summed E-state index contributed by atoms with van der Waals surface area (Å²) in [4.78, 5) is 23.1. The summed E-state index contributed by atoms with van der Waals surface area (Å²) in [6, 6.07) is 5.22. The number of unbranched alkanes of at least 4 members (excludes halogenated alkanes) is 1. The highest BCUT2D eigenvalue weighted by molar-refractivity contribution is 8.00. The zero-order chi connectivity index (χ0) is 19.2. The molecule has 0 bridgehead atoms. The van der Waals surface area contributed by atoms with E-state index in [-0.39, 0.29) is 30.5 Å². The quantitative estimate of drug-likeness (QED) is 0.396. The number of aromatic hydroxyl groups is 1. The first-order valence-corrected chi connectivity index (χ1v) is 10.1. The third kappa shape index (κ3) is 5.12. The van der Waals surface area contributed by atoms with Crippen LogP contribution in [0, 0.1) is 0 Å². The average Bonchev–Trinajstić information content (AvgIpc) is 3.20. The Kier molecular flexibility index (Phi) is 6.54. The van der Waals surface area contributed by atoms with E-state index >= 15 is 0 Å². The van der Waals surface area contributed by atoms with E-state index in [1.165, 1.54) is 13.2 Å². The smallest absolute Gasteiger partial charge is 0.407 e. The first-order chi connectivity index (χ1) is 13.1. The molecular formula is C18H25N3O5S. The molecular weight excluding hydrogens is 370 g/mol. The SMILES string of the molecule is COc1cc(COC(=O)NCCCCC2SCC3NC(=O)NC32)ccc1O. The van der Waals surface area contributed by atoms with Gasteiger partial charge in [0.15, 0.2) is 11.5 Å². The predicted molar refractivity (Wildman–Crippen MR) is 102 cm³/mol. The molecule has 3 rings (SSSR count). The first-order valence-electron chi connectivity index (χ1n) is 9.02. The second-order valence-electron chi connectivity index (χ2n) is 6.63. The largest absolute Gasteiger partial charge is 0.504 e. The summed E-state index contributed by atoms with van der Waals surface area (Å²) in [5, 5.41) is 18.6. The Morgan fingerprint density at radius 1 is 1.37 bits per heavy atom. The number of thioether (sulfide) groups is 1. The lowest BCUT2D eigenvalue weighted by molar-refractivity contribution is 0.139. The van der Waals surface area contributed by atoms with Crippen LogP contribution in [-0.4, -0.2) is 54.0 Å². The van der Waals surface area contributed by atoms with Gasteiger partial charge in [0.1, 0.15) is 6.61 Å². The average molecular weight is 395 g/mol. The maximum atomic E-state index is 11.8. The molecule has 3 unspecified atom stereocenters. The number of hydrogen-bond acceptors (Lipinski definition) is 6. The number of urea groups is 1. The van der Waals surface area contributed by atoms with Crippen LogP contribution in [0.3, 0.4) is 0 Å². The van der Waals surface area contributed by atoms with Gasteiger partial charge in [0.2, 0.25) is 0 Å². The van der Waals surface area contributed by atoms with Crippen molar-refractivity contribution in [3.8, 4) is 11.5 Å². The van der Waals surface area contributed by atoms with Crippen LogP contribution in [0.5, 0.6) is 11.5 Å². The van der Waals surface area contributed by atoms with E-state index in [4.69, 9.17) is 9.47 Å². The van der Waals surface area contributed by atoms with Crippen molar-refractivity contribution in [2.75, 3.05) is 19.4 Å². The molecule has 8 nitrogen and oxygen atoms in total. The molecule has 4 N–H and O–H groups in total. The Hall–Kier alpha value is -2.29. The number of nitrogens with one attached hydrogen (secondary N) is 3. The fourth-order valence-corrected chi connectivity index (χ4v) is 4.86. The molecule has 9 heteroatoms. The standard InChI is InChI=1S/C18H25N3O5S/c1-25-14-8-11(5-6-13(14)22)9-26-18(24)19-7-3-2-4-15-16-12(10-27-15)20-17(23)21-16/h5-6,8,12,15-16,22H,2-4,7,9-10H2,1H3,(H,19,24)(H2,20,21,23). The van der Waals surface area contributed by atoms with Crippen molar-refractivity contribution in [1.29, 1.82) is 0 Å². The van der Waals surface area contributed by atoms with Gasteiger partial charge in [-0.2, -0.15) is 11.8 Å². The highest BCUT2D eigenvalue weighted by Crippen LogP contribution is 2.33. The molecule has 2 heterocycles. The van der Waals surface area contributed by atoms with Crippen molar-refractivity contribution in [3.63, 3.8) is 0 Å². The van der Waals surface area contributed by atoms with Crippen molar-refractivity contribution in [1.82, 2.24) is 16.0 Å². The van der Waals surface area contributed by atoms with E-state index in [1.807, 2.05) is 11.8 Å². The Bertz CT molecular complexity index is 687. The number of alkyl carbamates (subject to hydrolysis) is 1. The van der Waals surface area contributed by atoms with Crippen molar-refractivity contribution < 1.29 is 24.2 Å². The van der Waals surface area contributed by atoms with Gasteiger partial charge in [-0.15, -0.1) is 0 Å². The highest BCUT2D eigenvalue weighted by Gasteiger charge is 2.42. The van der Waals surface area contributed by atoms with E-state index in [0.29, 0.717) is 17.5 Å². The summed E-state index contributed by atoms with van der Waals surface area (Å²) in [6.45, 7) is 0.658. The van der Waals surface area contributed by atoms with E-state index in [1.54, 1.807) is 12.1 Å². The van der Waals surface area contributed by atoms with Crippen LogP contribution in [0.25, 0.3) is 0 Å². The number of hydrogen-bond donors (Lipinski definition) is 4. The normalized spacial score (nSPS) is 23.3. The van der Waals surface area contributed by atoms with Crippen molar-refractivity contribution in [3.05, 3.63) is 23.8 Å². The zero-order valence-electron chi connectivity index (χ0n) is 15.2. The van der Waals surface area contributed by atoms with Crippen LogP contribution in [0.1, 0.15) is 24.8 Å². The number of amides is 3. The molecule has 27 heavy (non-hydrogen) atoms. The van der Waals surface area contributed by atoms with Gasteiger partial charge in [0, 0.05) is 17.5 Å². The zero-order valence-corrected chi connectivity index (χ0v) is 16.0. The van der Waals surface area contributed by atoms with Crippen LogP contribution in [0.4, 0.5) is 9.59 Å². The molecule has 2 aliphatic rings. The van der Waals surface area contributed by atoms with Gasteiger partial charge in [-0.3, -0.25) is 0 Å². The Morgan fingerprint density at radius 3 is 3.04 bits per heavy atom. The molecule has 1 aromatic rings. The van der Waals surface area contributed by atoms with E-state index in [0.717, 1.165) is 30.6 Å². The van der Waals surface area contributed by atoms with Gasteiger partial charge in [-0.1, -0.05) is 12.5 Å². The lowest BCUT2D eigenvalue weighted by atomic mass is 10.0. The summed E-state index contributed by atoms with van der Waals surface area (Å²) in [5.74, 6) is 1.35. The fraction of sp³-hybridized carbons (Fsp3) is 0.556. The summed E-state index contributed by atoms with van der Waals surface area (Å²) >= 11 is 1.89. The third-order valence-electron chi connectivity index (χ3n) is 4.74. The van der Waals surface area contributed by atoms with E-state index < -0.39 is 6.09 Å². The lowest BCUT2D eigenvalue weighted by Crippen LogP contribution is -2.36. The van der Waals surface area contributed by atoms with Crippen LogP contribution >= 0.6 is 11.8 Å². The maximum absolute atomic E-state index is 11.8. The number of methoxy groups -OCH3 is 1. The highest BCUT2D eigenvalue weighted by atomic mass is 32.2.